The van der Waals surface area contributed by atoms with Crippen molar-refractivity contribution >= 4 is 5.97 Å². The molecule has 2 aromatic carbocycles. The van der Waals surface area contributed by atoms with Crippen LogP contribution in [0.25, 0.3) is 11.1 Å². The quantitative estimate of drug-likeness (QED) is 0.495. The summed E-state index contributed by atoms with van der Waals surface area (Å²) in [5, 5.41) is 9.38. The third-order valence-electron chi connectivity index (χ3n) is 4.36. The molecule has 1 aromatic heterocycles. The SMILES string of the molecule is CCOc1cc(-c2cc(C)[nH]c(=O)c2C#N)ccc1OC(=O)c1ccc(OC)cc1. The number of hydrogen-bond acceptors (Lipinski definition) is 6. The predicted octanol–water partition coefficient (Wildman–Crippen LogP) is 3.85. The first-order chi connectivity index (χ1) is 14.5. The van der Waals surface area contributed by atoms with Crippen LogP contribution >= 0.6 is 0 Å². The molecule has 0 saturated heterocycles. The molecule has 30 heavy (non-hydrogen) atoms. The minimum atomic E-state index is -0.545. The maximum absolute atomic E-state index is 12.5. The third kappa shape index (κ3) is 4.33. The van der Waals surface area contributed by atoms with E-state index in [9.17, 15) is 14.9 Å². The van der Waals surface area contributed by atoms with Crippen molar-refractivity contribution in [3.63, 3.8) is 0 Å². The molecule has 7 heteroatoms. The standard InChI is InChI=1S/C23H20N2O5/c1-4-29-21-12-16(18-11-14(2)25-22(26)19(18)13-24)7-10-20(21)30-23(27)15-5-8-17(28-3)9-6-15/h5-12H,4H2,1-3H3,(H,25,26). The second-order valence-electron chi connectivity index (χ2n) is 6.39. The number of carbonyl (C=O) groups is 1. The van der Waals surface area contributed by atoms with E-state index in [4.69, 9.17) is 14.2 Å². The van der Waals surface area contributed by atoms with E-state index in [0.29, 0.717) is 40.5 Å². The summed E-state index contributed by atoms with van der Waals surface area (Å²) in [7, 11) is 1.54. The van der Waals surface area contributed by atoms with Gasteiger partial charge in [-0.25, -0.2) is 4.79 Å². The van der Waals surface area contributed by atoms with Gasteiger partial charge in [0.05, 0.1) is 19.3 Å². The Labute approximate surface area is 173 Å². The van der Waals surface area contributed by atoms with Gasteiger partial charge >= 0.3 is 5.97 Å². The van der Waals surface area contributed by atoms with Crippen LogP contribution in [0.1, 0.15) is 28.5 Å². The van der Waals surface area contributed by atoms with Crippen molar-refractivity contribution in [1.82, 2.24) is 4.98 Å². The highest BCUT2D eigenvalue weighted by Gasteiger charge is 2.16. The monoisotopic (exact) mass is 404 g/mol. The summed E-state index contributed by atoms with van der Waals surface area (Å²) in [4.78, 5) is 27.2. The molecule has 0 atom stereocenters. The van der Waals surface area contributed by atoms with Crippen molar-refractivity contribution < 1.29 is 19.0 Å². The lowest BCUT2D eigenvalue weighted by atomic mass is 10.0. The number of ether oxygens (including phenoxy) is 3. The molecule has 0 spiro atoms. The number of nitrogens with zero attached hydrogens (tertiary/aromatic N) is 1. The number of rotatable bonds is 6. The number of methoxy groups -OCH3 is 1. The van der Waals surface area contributed by atoms with Crippen LogP contribution in [0, 0.1) is 18.3 Å². The van der Waals surface area contributed by atoms with Crippen LogP contribution in [0.3, 0.4) is 0 Å². The van der Waals surface area contributed by atoms with Gasteiger partial charge in [-0.1, -0.05) is 6.07 Å². The van der Waals surface area contributed by atoms with E-state index < -0.39 is 11.5 Å². The number of aromatic nitrogens is 1. The van der Waals surface area contributed by atoms with Gasteiger partial charge in [-0.3, -0.25) is 4.79 Å². The van der Waals surface area contributed by atoms with Crippen molar-refractivity contribution in [2.24, 2.45) is 0 Å². The molecule has 1 N–H and O–H groups in total. The molecule has 3 rings (SSSR count). The minimum Gasteiger partial charge on any atom is -0.497 e. The van der Waals surface area contributed by atoms with Crippen LogP contribution in [0.15, 0.2) is 53.3 Å². The smallest absolute Gasteiger partial charge is 0.343 e. The largest absolute Gasteiger partial charge is 0.497 e. The molecule has 152 valence electrons. The Kier molecular flexibility index (Phi) is 6.18. The second kappa shape index (κ2) is 8.97. The lowest BCUT2D eigenvalue weighted by Crippen LogP contribution is -2.13. The molecule has 0 radical (unpaired) electrons. The van der Waals surface area contributed by atoms with Gasteiger partial charge in [0.15, 0.2) is 11.5 Å². The lowest BCUT2D eigenvalue weighted by molar-refractivity contribution is 0.0728. The van der Waals surface area contributed by atoms with E-state index >= 15 is 0 Å². The van der Waals surface area contributed by atoms with Crippen LogP contribution in [-0.4, -0.2) is 24.7 Å². The summed E-state index contributed by atoms with van der Waals surface area (Å²) < 4.78 is 16.2. The Morgan fingerprint density at radius 3 is 2.47 bits per heavy atom. The zero-order chi connectivity index (χ0) is 21.7. The van der Waals surface area contributed by atoms with Crippen molar-refractivity contribution in [2.75, 3.05) is 13.7 Å². The van der Waals surface area contributed by atoms with Crippen molar-refractivity contribution in [3.05, 3.63) is 75.7 Å². The summed E-state index contributed by atoms with van der Waals surface area (Å²) in [6.45, 7) is 3.89. The molecular weight excluding hydrogens is 384 g/mol. The van der Waals surface area contributed by atoms with Gasteiger partial charge in [-0.05, 0) is 61.9 Å². The average Bonchev–Trinajstić information content (AvgIpc) is 2.74. The summed E-state index contributed by atoms with van der Waals surface area (Å²) in [6, 6.07) is 15.1. The molecule has 0 aliphatic heterocycles. The minimum absolute atomic E-state index is 0.00558. The molecule has 0 amide bonds. The molecule has 0 aliphatic rings. The number of pyridine rings is 1. The Bertz CT molecular complexity index is 1170. The van der Waals surface area contributed by atoms with Crippen molar-refractivity contribution in [1.29, 1.82) is 5.26 Å². The molecule has 0 aliphatic carbocycles. The highest BCUT2D eigenvalue weighted by molar-refractivity contribution is 5.91. The zero-order valence-corrected chi connectivity index (χ0v) is 16.8. The van der Waals surface area contributed by atoms with E-state index in [1.165, 1.54) is 0 Å². The van der Waals surface area contributed by atoms with Gasteiger partial charge in [0.2, 0.25) is 0 Å². The zero-order valence-electron chi connectivity index (χ0n) is 16.8. The van der Waals surface area contributed by atoms with Gasteiger partial charge in [-0.15, -0.1) is 0 Å². The summed E-state index contributed by atoms with van der Waals surface area (Å²) in [5.41, 5.74) is 1.62. The van der Waals surface area contributed by atoms with Gasteiger partial charge in [0.25, 0.3) is 5.56 Å². The van der Waals surface area contributed by atoms with Crippen LogP contribution in [0.5, 0.6) is 17.2 Å². The van der Waals surface area contributed by atoms with Gasteiger partial charge < -0.3 is 19.2 Å². The number of benzene rings is 2. The normalized spacial score (nSPS) is 10.2. The number of carbonyl (C=O) groups excluding carboxylic acids is 1. The lowest BCUT2D eigenvalue weighted by Gasteiger charge is -2.13. The molecule has 0 saturated carbocycles. The first-order valence-corrected chi connectivity index (χ1v) is 9.24. The molecule has 0 unspecified atom stereocenters. The topological polar surface area (TPSA) is 101 Å². The number of nitriles is 1. The first-order valence-electron chi connectivity index (χ1n) is 9.24. The number of hydrogen-bond donors (Lipinski definition) is 1. The van der Waals surface area contributed by atoms with Crippen LogP contribution in [-0.2, 0) is 0 Å². The Hall–Kier alpha value is -4.05. The number of H-pyrrole nitrogens is 1. The van der Waals surface area contributed by atoms with E-state index in [-0.39, 0.29) is 11.3 Å². The number of nitrogens with one attached hydrogen (secondary N) is 1. The number of aryl methyl sites for hydroxylation is 1. The molecule has 7 nitrogen and oxygen atoms in total. The van der Waals surface area contributed by atoms with Crippen LogP contribution in [0.4, 0.5) is 0 Å². The fourth-order valence-corrected chi connectivity index (χ4v) is 2.94. The number of esters is 1. The Morgan fingerprint density at radius 2 is 1.83 bits per heavy atom. The van der Waals surface area contributed by atoms with Crippen molar-refractivity contribution in [3.8, 4) is 34.4 Å². The van der Waals surface area contributed by atoms with Gasteiger partial charge in [0.1, 0.15) is 17.4 Å². The van der Waals surface area contributed by atoms with E-state index in [2.05, 4.69) is 4.98 Å². The summed E-state index contributed by atoms with van der Waals surface area (Å²) >= 11 is 0. The Morgan fingerprint density at radius 1 is 1.10 bits per heavy atom. The van der Waals surface area contributed by atoms with Crippen LogP contribution in [0.2, 0.25) is 0 Å². The van der Waals surface area contributed by atoms with Crippen LogP contribution < -0.4 is 19.8 Å². The summed E-state index contributed by atoms with van der Waals surface area (Å²) in [5.74, 6) is 0.656. The second-order valence-corrected chi connectivity index (χ2v) is 6.39. The highest BCUT2D eigenvalue weighted by Crippen LogP contribution is 2.34. The molecular formula is C23H20N2O5. The van der Waals surface area contributed by atoms with Crippen molar-refractivity contribution in [2.45, 2.75) is 13.8 Å². The molecule has 1 heterocycles. The molecule has 0 bridgehead atoms. The fourth-order valence-electron chi connectivity index (χ4n) is 2.94. The number of aromatic amines is 1. The fraction of sp³-hybridized carbons (Fsp3) is 0.174. The maximum atomic E-state index is 12.5. The van der Waals surface area contributed by atoms with E-state index in [1.807, 2.05) is 6.07 Å². The third-order valence-corrected chi connectivity index (χ3v) is 4.36. The highest BCUT2D eigenvalue weighted by atomic mass is 16.6. The Balaban J connectivity index is 1.97. The first kappa shape index (κ1) is 20.7. The van der Waals surface area contributed by atoms with E-state index in [0.717, 1.165) is 0 Å². The van der Waals surface area contributed by atoms with Gasteiger partial charge in [0, 0.05) is 11.3 Å². The molecule has 3 aromatic rings. The maximum Gasteiger partial charge on any atom is 0.343 e. The predicted molar refractivity (Wildman–Crippen MR) is 111 cm³/mol. The molecule has 0 fully saturated rings. The van der Waals surface area contributed by atoms with Gasteiger partial charge in [-0.2, -0.15) is 5.26 Å². The van der Waals surface area contributed by atoms with E-state index in [1.54, 1.807) is 69.5 Å². The average molecular weight is 404 g/mol. The summed E-state index contributed by atoms with van der Waals surface area (Å²) in [6.07, 6.45) is 0.